The van der Waals surface area contributed by atoms with Crippen molar-refractivity contribution < 1.29 is 14.0 Å². The summed E-state index contributed by atoms with van der Waals surface area (Å²) in [5.41, 5.74) is 2.85. The molecule has 0 aliphatic carbocycles. The molecule has 1 heterocycles. The molecule has 3 rings (SSSR count). The summed E-state index contributed by atoms with van der Waals surface area (Å²) in [6.45, 7) is 0.962. The van der Waals surface area contributed by atoms with E-state index >= 15 is 0 Å². The summed E-state index contributed by atoms with van der Waals surface area (Å²) in [6.07, 6.45) is 2.75. The number of anilines is 1. The van der Waals surface area contributed by atoms with Gasteiger partial charge in [0.05, 0.1) is 6.26 Å². The molecule has 1 aromatic heterocycles. The number of rotatable bonds is 9. The van der Waals surface area contributed by atoms with Gasteiger partial charge >= 0.3 is 0 Å². The van der Waals surface area contributed by atoms with Gasteiger partial charge in [-0.25, -0.2) is 0 Å². The molecule has 0 saturated heterocycles. The second-order valence-corrected chi connectivity index (χ2v) is 7.43. The van der Waals surface area contributed by atoms with E-state index in [0.717, 1.165) is 18.5 Å². The fourth-order valence-corrected chi connectivity index (χ4v) is 3.03. The second-order valence-electron chi connectivity index (χ2n) is 7.43. The van der Waals surface area contributed by atoms with Gasteiger partial charge in [-0.1, -0.05) is 42.5 Å². The Balaban J connectivity index is 1.68. The lowest BCUT2D eigenvalue weighted by molar-refractivity contribution is -0.118. The third kappa shape index (κ3) is 6.32. The lowest BCUT2D eigenvalue weighted by Gasteiger charge is -2.18. The fourth-order valence-electron chi connectivity index (χ4n) is 3.03. The molecule has 0 aliphatic rings. The molecule has 0 fully saturated rings. The molecule has 6 nitrogen and oxygen atoms in total. The number of benzene rings is 2. The Morgan fingerprint density at radius 3 is 2.30 bits per heavy atom. The molecule has 30 heavy (non-hydrogen) atoms. The highest BCUT2D eigenvalue weighted by Gasteiger charge is 2.23. The molecule has 156 valence electrons. The van der Waals surface area contributed by atoms with E-state index in [1.54, 1.807) is 12.1 Å². The monoisotopic (exact) mass is 405 g/mol. The van der Waals surface area contributed by atoms with E-state index in [4.69, 9.17) is 4.42 Å². The predicted molar refractivity (Wildman–Crippen MR) is 117 cm³/mol. The molecule has 2 N–H and O–H groups in total. The zero-order valence-corrected chi connectivity index (χ0v) is 17.3. The fraction of sp³-hybridized carbons (Fsp3) is 0.250. The molecule has 0 aliphatic heterocycles. The standard InChI is InChI=1S/C24H27N3O3/c1-27(2)15-14-18-10-12-20(13-11-18)25-23(28)21(17-19-7-4-3-5-8-19)26-24(29)22-9-6-16-30-22/h3-13,16,21H,14-15,17H2,1-2H3,(H,25,28)(H,26,29). The Labute approximate surface area is 176 Å². The highest BCUT2D eigenvalue weighted by molar-refractivity contribution is 6.00. The zero-order valence-electron chi connectivity index (χ0n) is 17.3. The topological polar surface area (TPSA) is 74.6 Å². The molecule has 1 unspecified atom stereocenters. The van der Waals surface area contributed by atoms with Crippen LogP contribution in [0.2, 0.25) is 0 Å². The number of nitrogens with one attached hydrogen (secondary N) is 2. The summed E-state index contributed by atoms with van der Waals surface area (Å²) in [4.78, 5) is 27.5. The van der Waals surface area contributed by atoms with Gasteiger partial charge in [-0.05, 0) is 55.9 Å². The average molecular weight is 405 g/mol. The van der Waals surface area contributed by atoms with E-state index in [1.807, 2.05) is 68.7 Å². The minimum absolute atomic E-state index is 0.172. The van der Waals surface area contributed by atoms with Gasteiger partial charge in [0.1, 0.15) is 6.04 Å². The molecule has 1 atom stereocenters. The minimum Gasteiger partial charge on any atom is -0.459 e. The van der Waals surface area contributed by atoms with Crippen molar-refractivity contribution in [2.75, 3.05) is 26.0 Å². The summed E-state index contributed by atoms with van der Waals surface area (Å²) in [5, 5.41) is 5.69. The van der Waals surface area contributed by atoms with E-state index in [2.05, 4.69) is 15.5 Å². The molecule has 6 heteroatoms. The molecular weight excluding hydrogens is 378 g/mol. The molecule has 0 bridgehead atoms. The van der Waals surface area contributed by atoms with Crippen molar-refractivity contribution in [3.8, 4) is 0 Å². The Morgan fingerprint density at radius 2 is 1.67 bits per heavy atom. The highest BCUT2D eigenvalue weighted by atomic mass is 16.3. The number of likely N-dealkylation sites (N-methyl/N-ethyl adjacent to an activating group) is 1. The lowest BCUT2D eigenvalue weighted by Crippen LogP contribution is -2.45. The minimum atomic E-state index is -0.738. The third-order valence-corrected chi connectivity index (χ3v) is 4.72. The smallest absolute Gasteiger partial charge is 0.287 e. The van der Waals surface area contributed by atoms with Crippen LogP contribution in [0.4, 0.5) is 5.69 Å². The zero-order chi connectivity index (χ0) is 21.3. The number of carbonyl (C=O) groups excluding carboxylic acids is 2. The lowest BCUT2D eigenvalue weighted by atomic mass is 10.0. The van der Waals surface area contributed by atoms with Gasteiger partial charge in [-0.2, -0.15) is 0 Å². The number of hydrogen-bond donors (Lipinski definition) is 2. The Kier molecular flexibility index (Phi) is 7.40. The maximum absolute atomic E-state index is 13.0. The van der Waals surface area contributed by atoms with E-state index < -0.39 is 11.9 Å². The van der Waals surface area contributed by atoms with Gasteiger partial charge < -0.3 is 20.0 Å². The van der Waals surface area contributed by atoms with Gasteiger partial charge in [0.15, 0.2) is 5.76 Å². The number of hydrogen-bond acceptors (Lipinski definition) is 4. The van der Waals surface area contributed by atoms with Crippen LogP contribution in [0.5, 0.6) is 0 Å². The predicted octanol–water partition coefficient (Wildman–Crippen LogP) is 3.36. The van der Waals surface area contributed by atoms with Gasteiger partial charge in [0.2, 0.25) is 5.91 Å². The van der Waals surface area contributed by atoms with Crippen LogP contribution in [-0.2, 0) is 17.6 Å². The van der Waals surface area contributed by atoms with Crippen molar-refractivity contribution in [3.05, 3.63) is 89.9 Å². The first-order chi connectivity index (χ1) is 14.5. The van der Waals surface area contributed by atoms with Crippen molar-refractivity contribution in [1.82, 2.24) is 10.2 Å². The SMILES string of the molecule is CN(C)CCc1ccc(NC(=O)C(Cc2ccccc2)NC(=O)c2ccco2)cc1. The molecule has 0 saturated carbocycles. The number of furan rings is 1. The Bertz CT molecular complexity index is 936. The van der Waals surface area contributed by atoms with E-state index in [9.17, 15) is 9.59 Å². The van der Waals surface area contributed by atoms with Crippen molar-refractivity contribution in [2.45, 2.75) is 18.9 Å². The molecule has 2 aromatic carbocycles. The summed E-state index contributed by atoms with van der Waals surface area (Å²) >= 11 is 0. The van der Waals surface area contributed by atoms with Crippen LogP contribution >= 0.6 is 0 Å². The normalized spacial score (nSPS) is 11.8. The van der Waals surface area contributed by atoms with Crippen LogP contribution in [0, 0.1) is 0 Å². The van der Waals surface area contributed by atoms with Gasteiger partial charge in [0, 0.05) is 18.7 Å². The van der Waals surface area contributed by atoms with Crippen LogP contribution < -0.4 is 10.6 Å². The first-order valence-electron chi connectivity index (χ1n) is 9.94. The summed E-state index contributed by atoms with van der Waals surface area (Å²) in [7, 11) is 4.08. The Morgan fingerprint density at radius 1 is 0.933 bits per heavy atom. The van der Waals surface area contributed by atoms with Gasteiger partial charge in [-0.15, -0.1) is 0 Å². The highest BCUT2D eigenvalue weighted by Crippen LogP contribution is 2.13. The number of nitrogens with zero attached hydrogens (tertiary/aromatic N) is 1. The summed E-state index contributed by atoms with van der Waals surface area (Å²) in [5.74, 6) is -0.527. The van der Waals surface area contributed by atoms with Crippen LogP contribution in [0.1, 0.15) is 21.7 Å². The maximum atomic E-state index is 13.0. The first kappa shape index (κ1) is 21.3. The number of amides is 2. The van der Waals surface area contributed by atoms with Crippen LogP contribution in [0.3, 0.4) is 0 Å². The van der Waals surface area contributed by atoms with Crippen LogP contribution in [0.25, 0.3) is 0 Å². The van der Waals surface area contributed by atoms with E-state index in [1.165, 1.54) is 11.8 Å². The molecule has 0 radical (unpaired) electrons. The average Bonchev–Trinajstić information content (AvgIpc) is 3.28. The number of carbonyl (C=O) groups is 2. The van der Waals surface area contributed by atoms with Crippen molar-refractivity contribution in [3.63, 3.8) is 0 Å². The molecule has 0 spiro atoms. The summed E-state index contributed by atoms with van der Waals surface area (Å²) in [6, 6.07) is 19.8. The quantitative estimate of drug-likeness (QED) is 0.572. The second kappa shape index (κ2) is 10.4. The van der Waals surface area contributed by atoms with E-state index in [0.29, 0.717) is 12.1 Å². The molecule has 3 aromatic rings. The van der Waals surface area contributed by atoms with Crippen molar-refractivity contribution >= 4 is 17.5 Å². The maximum Gasteiger partial charge on any atom is 0.287 e. The molecular formula is C24H27N3O3. The van der Waals surface area contributed by atoms with Crippen LogP contribution in [0.15, 0.2) is 77.4 Å². The summed E-state index contributed by atoms with van der Waals surface area (Å²) < 4.78 is 5.15. The Hall–Kier alpha value is -3.38. The largest absolute Gasteiger partial charge is 0.459 e. The van der Waals surface area contributed by atoms with Crippen LogP contribution in [-0.4, -0.2) is 43.4 Å². The van der Waals surface area contributed by atoms with E-state index in [-0.39, 0.29) is 11.7 Å². The molecule has 2 amide bonds. The van der Waals surface area contributed by atoms with Gasteiger partial charge in [-0.3, -0.25) is 9.59 Å². The third-order valence-electron chi connectivity index (χ3n) is 4.72. The van der Waals surface area contributed by atoms with Gasteiger partial charge in [0.25, 0.3) is 5.91 Å². The van der Waals surface area contributed by atoms with Crippen molar-refractivity contribution in [2.24, 2.45) is 0 Å². The van der Waals surface area contributed by atoms with Crippen molar-refractivity contribution in [1.29, 1.82) is 0 Å². The first-order valence-corrected chi connectivity index (χ1v) is 9.94.